The molecule has 3 heterocycles. The van der Waals surface area contributed by atoms with Gasteiger partial charge in [-0.05, 0) is 57.3 Å². The Labute approximate surface area is 165 Å². The van der Waals surface area contributed by atoms with Crippen LogP contribution < -0.4 is 5.32 Å². The maximum absolute atomic E-state index is 6.53. The normalized spacial score (nSPS) is 21.1. The van der Waals surface area contributed by atoms with E-state index in [2.05, 4.69) is 17.1 Å². The summed E-state index contributed by atoms with van der Waals surface area (Å²) in [5.41, 5.74) is 3.45. The fourth-order valence-corrected chi connectivity index (χ4v) is 4.68. The van der Waals surface area contributed by atoms with Crippen molar-refractivity contribution in [2.75, 3.05) is 25.0 Å². The van der Waals surface area contributed by atoms with Crippen LogP contribution in [0.1, 0.15) is 56.3 Å². The molecule has 140 valence electrons. The summed E-state index contributed by atoms with van der Waals surface area (Å²) >= 11 is 12.8. The fraction of sp³-hybridized carbons (Fsp3) is 0.550. The van der Waals surface area contributed by atoms with Crippen LogP contribution in [0.2, 0.25) is 10.0 Å². The SMILES string of the molecule is CCN1CCCCC1c1nn(-c2cccc(Cl)c2Cl)c2c1CCCCN2. The lowest BCUT2D eigenvalue weighted by molar-refractivity contribution is 0.152. The van der Waals surface area contributed by atoms with Crippen LogP contribution in [0.5, 0.6) is 0 Å². The van der Waals surface area contributed by atoms with E-state index in [0.717, 1.165) is 37.6 Å². The van der Waals surface area contributed by atoms with Crippen LogP contribution in [0.15, 0.2) is 18.2 Å². The third-order valence-corrected chi connectivity index (χ3v) is 6.46. The van der Waals surface area contributed by atoms with Gasteiger partial charge in [-0.1, -0.05) is 42.6 Å². The molecule has 1 aromatic carbocycles. The molecule has 0 spiro atoms. The van der Waals surface area contributed by atoms with Crippen molar-refractivity contribution < 1.29 is 0 Å². The highest BCUT2D eigenvalue weighted by Gasteiger charge is 2.31. The molecular formula is C20H26Cl2N4. The largest absolute Gasteiger partial charge is 0.370 e. The number of rotatable bonds is 3. The third-order valence-electron chi connectivity index (χ3n) is 5.66. The molecule has 1 saturated heterocycles. The van der Waals surface area contributed by atoms with E-state index in [-0.39, 0.29) is 0 Å². The van der Waals surface area contributed by atoms with Crippen LogP contribution in [0, 0.1) is 0 Å². The predicted octanol–water partition coefficient (Wildman–Crippen LogP) is 5.47. The Balaban J connectivity index is 1.85. The minimum Gasteiger partial charge on any atom is -0.370 e. The Morgan fingerprint density at radius 1 is 1.19 bits per heavy atom. The number of halogens is 2. The average molecular weight is 393 g/mol. The van der Waals surface area contributed by atoms with Gasteiger partial charge < -0.3 is 5.32 Å². The predicted molar refractivity (Wildman–Crippen MR) is 109 cm³/mol. The molecule has 1 unspecified atom stereocenters. The van der Waals surface area contributed by atoms with Gasteiger partial charge in [0.05, 0.1) is 27.5 Å². The molecule has 0 bridgehead atoms. The monoisotopic (exact) mass is 392 g/mol. The lowest BCUT2D eigenvalue weighted by atomic mass is 9.95. The minimum atomic E-state index is 0.404. The maximum Gasteiger partial charge on any atom is 0.133 e. The summed E-state index contributed by atoms with van der Waals surface area (Å²) in [5, 5.41) is 9.84. The first kappa shape index (κ1) is 18.1. The van der Waals surface area contributed by atoms with E-state index >= 15 is 0 Å². The minimum absolute atomic E-state index is 0.404. The van der Waals surface area contributed by atoms with E-state index < -0.39 is 0 Å². The molecule has 0 aliphatic carbocycles. The van der Waals surface area contributed by atoms with Crippen LogP contribution in [0.4, 0.5) is 5.82 Å². The Bertz CT molecular complexity index is 786. The van der Waals surface area contributed by atoms with Crippen LogP contribution >= 0.6 is 23.2 Å². The number of likely N-dealkylation sites (tertiary alicyclic amines) is 1. The number of anilines is 1. The second-order valence-corrected chi connectivity index (χ2v) is 8.01. The van der Waals surface area contributed by atoms with Crippen LogP contribution in [-0.2, 0) is 6.42 Å². The zero-order chi connectivity index (χ0) is 18.1. The molecule has 4 rings (SSSR count). The number of hydrogen-bond donors (Lipinski definition) is 1. The number of hydrogen-bond acceptors (Lipinski definition) is 3. The van der Waals surface area contributed by atoms with Crippen molar-refractivity contribution in [2.45, 2.75) is 51.5 Å². The van der Waals surface area contributed by atoms with Crippen LogP contribution in [0.25, 0.3) is 5.69 Å². The summed E-state index contributed by atoms with van der Waals surface area (Å²) in [6, 6.07) is 6.16. The van der Waals surface area contributed by atoms with Gasteiger partial charge in [0.1, 0.15) is 5.82 Å². The number of piperidine rings is 1. The van der Waals surface area contributed by atoms with Gasteiger partial charge in [0.25, 0.3) is 0 Å². The van der Waals surface area contributed by atoms with Crippen molar-refractivity contribution in [2.24, 2.45) is 0 Å². The highest BCUT2D eigenvalue weighted by molar-refractivity contribution is 6.43. The highest BCUT2D eigenvalue weighted by Crippen LogP contribution is 2.39. The lowest BCUT2D eigenvalue weighted by Gasteiger charge is -2.34. The van der Waals surface area contributed by atoms with Crippen molar-refractivity contribution in [3.63, 3.8) is 0 Å². The summed E-state index contributed by atoms with van der Waals surface area (Å²) in [4.78, 5) is 2.57. The van der Waals surface area contributed by atoms with Gasteiger partial charge >= 0.3 is 0 Å². The van der Waals surface area contributed by atoms with Gasteiger partial charge in [-0.15, -0.1) is 0 Å². The van der Waals surface area contributed by atoms with E-state index in [1.807, 2.05) is 22.9 Å². The molecule has 1 N–H and O–H groups in total. The standard InChI is InChI=1S/C20H26Cl2N4/c1-2-25-13-6-4-10-17(25)19-14-8-3-5-12-23-20(14)26(24-19)16-11-7-9-15(21)18(16)22/h7,9,11,17,23H,2-6,8,10,12-13H2,1H3. The number of fused-ring (bicyclic) bond motifs is 1. The van der Waals surface area contributed by atoms with E-state index in [0.29, 0.717) is 16.1 Å². The lowest BCUT2D eigenvalue weighted by Crippen LogP contribution is -2.34. The molecule has 0 saturated carbocycles. The molecule has 6 heteroatoms. The summed E-state index contributed by atoms with van der Waals surface area (Å²) in [6.07, 6.45) is 7.19. The first-order valence-corrected chi connectivity index (χ1v) is 10.5. The molecular weight excluding hydrogens is 367 g/mol. The van der Waals surface area contributed by atoms with Gasteiger partial charge in [-0.25, -0.2) is 4.68 Å². The number of aromatic nitrogens is 2. The van der Waals surface area contributed by atoms with Gasteiger partial charge in [-0.2, -0.15) is 5.10 Å². The van der Waals surface area contributed by atoms with E-state index in [1.165, 1.54) is 43.4 Å². The van der Waals surface area contributed by atoms with Gasteiger partial charge in [0.2, 0.25) is 0 Å². The number of nitrogens with one attached hydrogen (secondary N) is 1. The van der Waals surface area contributed by atoms with Crippen molar-refractivity contribution in [1.82, 2.24) is 14.7 Å². The van der Waals surface area contributed by atoms with Crippen LogP contribution in [0.3, 0.4) is 0 Å². The molecule has 2 aromatic rings. The smallest absolute Gasteiger partial charge is 0.133 e. The van der Waals surface area contributed by atoms with Gasteiger partial charge in [0, 0.05) is 12.1 Å². The zero-order valence-corrected chi connectivity index (χ0v) is 16.8. The van der Waals surface area contributed by atoms with Crippen molar-refractivity contribution in [1.29, 1.82) is 0 Å². The first-order valence-electron chi connectivity index (χ1n) is 9.74. The summed E-state index contributed by atoms with van der Waals surface area (Å²) in [5.74, 6) is 1.10. The molecule has 26 heavy (non-hydrogen) atoms. The number of nitrogens with zero attached hydrogens (tertiary/aromatic N) is 3. The maximum atomic E-state index is 6.53. The molecule has 0 amide bonds. The zero-order valence-electron chi connectivity index (χ0n) is 15.3. The van der Waals surface area contributed by atoms with E-state index in [1.54, 1.807) is 0 Å². The Morgan fingerprint density at radius 3 is 2.92 bits per heavy atom. The molecule has 1 aromatic heterocycles. The van der Waals surface area contributed by atoms with Crippen molar-refractivity contribution >= 4 is 29.0 Å². The Morgan fingerprint density at radius 2 is 2.08 bits per heavy atom. The first-order chi connectivity index (χ1) is 12.7. The number of benzene rings is 1. The Hall–Kier alpha value is -1.23. The van der Waals surface area contributed by atoms with E-state index in [9.17, 15) is 0 Å². The summed E-state index contributed by atoms with van der Waals surface area (Å²) < 4.78 is 1.99. The molecule has 2 aliphatic heterocycles. The topological polar surface area (TPSA) is 33.1 Å². The summed E-state index contributed by atoms with van der Waals surface area (Å²) in [7, 11) is 0. The third kappa shape index (κ3) is 3.23. The molecule has 0 radical (unpaired) electrons. The second-order valence-electron chi connectivity index (χ2n) is 7.22. The van der Waals surface area contributed by atoms with Gasteiger partial charge in [0.15, 0.2) is 0 Å². The van der Waals surface area contributed by atoms with Crippen LogP contribution in [-0.4, -0.2) is 34.3 Å². The Kier molecular flexibility index (Phi) is 5.44. The molecule has 4 nitrogen and oxygen atoms in total. The average Bonchev–Trinajstić information content (AvgIpc) is 2.85. The molecule has 1 fully saturated rings. The van der Waals surface area contributed by atoms with Crippen molar-refractivity contribution in [3.05, 3.63) is 39.5 Å². The van der Waals surface area contributed by atoms with Gasteiger partial charge in [-0.3, -0.25) is 4.90 Å². The molecule has 1 atom stereocenters. The second kappa shape index (κ2) is 7.79. The van der Waals surface area contributed by atoms with Crippen molar-refractivity contribution in [3.8, 4) is 5.69 Å². The summed E-state index contributed by atoms with van der Waals surface area (Å²) in [6.45, 7) is 5.45. The quantitative estimate of drug-likeness (QED) is 0.750. The molecule has 2 aliphatic rings. The van der Waals surface area contributed by atoms with E-state index in [4.69, 9.17) is 28.3 Å². The fourth-order valence-electron chi connectivity index (χ4n) is 4.31. The highest BCUT2D eigenvalue weighted by atomic mass is 35.5.